The molecule has 0 fully saturated rings. The first-order chi connectivity index (χ1) is 8.17. The minimum atomic E-state index is 0.553. The van der Waals surface area contributed by atoms with Gasteiger partial charge in [-0.3, -0.25) is 5.32 Å². The highest BCUT2D eigenvalue weighted by Crippen LogP contribution is 2.15. The third-order valence-electron chi connectivity index (χ3n) is 2.50. The van der Waals surface area contributed by atoms with Crippen LogP contribution < -0.4 is 10.2 Å². The van der Waals surface area contributed by atoms with Crippen LogP contribution in [-0.2, 0) is 0 Å². The van der Waals surface area contributed by atoms with Gasteiger partial charge in [0.15, 0.2) is 6.19 Å². The number of nitrogens with zero attached hydrogens (tertiary/aromatic N) is 4. The molecule has 1 heterocycles. The monoisotopic (exact) mass is 233 g/mol. The highest BCUT2D eigenvalue weighted by molar-refractivity contribution is 5.50. The molecular formula is C12H19N5. The van der Waals surface area contributed by atoms with Crippen molar-refractivity contribution < 1.29 is 0 Å². The molecular weight excluding hydrogens is 214 g/mol. The van der Waals surface area contributed by atoms with Crippen molar-refractivity contribution in [2.45, 2.75) is 33.1 Å². The Morgan fingerprint density at radius 3 is 2.82 bits per heavy atom. The van der Waals surface area contributed by atoms with E-state index in [9.17, 15) is 0 Å². The van der Waals surface area contributed by atoms with Crippen molar-refractivity contribution in [3.63, 3.8) is 0 Å². The maximum absolute atomic E-state index is 8.58. The Morgan fingerprint density at radius 2 is 2.18 bits per heavy atom. The molecule has 0 bridgehead atoms. The first-order valence-corrected chi connectivity index (χ1v) is 5.89. The summed E-state index contributed by atoms with van der Waals surface area (Å²) in [5.74, 6) is 2.08. The van der Waals surface area contributed by atoms with Gasteiger partial charge in [-0.2, -0.15) is 5.26 Å². The lowest BCUT2D eigenvalue weighted by atomic mass is 10.2. The van der Waals surface area contributed by atoms with Crippen LogP contribution in [0.15, 0.2) is 6.07 Å². The van der Waals surface area contributed by atoms with Gasteiger partial charge in [-0.05, 0) is 13.3 Å². The predicted molar refractivity (Wildman–Crippen MR) is 68.8 cm³/mol. The summed E-state index contributed by atoms with van der Waals surface area (Å²) in [7, 11) is 2.01. The number of rotatable bonds is 6. The Kier molecular flexibility index (Phi) is 5.21. The van der Waals surface area contributed by atoms with Crippen molar-refractivity contribution in [3.8, 4) is 6.19 Å². The maximum Gasteiger partial charge on any atom is 0.182 e. The Balaban J connectivity index is 2.72. The summed E-state index contributed by atoms with van der Waals surface area (Å²) in [5.41, 5.74) is 0. The summed E-state index contributed by atoms with van der Waals surface area (Å²) < 4.78 is 0. The number of aromatic nitrogens is 2. The van der Waals surface area contributed by atoms with Gasteiger partial charge in [0, 0.05) is 19.7 Å². The standard InChI is InChI=1S/C12H19N5/c1-4-5-6-7-17(3)12-8-11(14-9-13)15-10(2)16-12/h8H,4-7H2,1-3H3,(H,14,15,16). The Hall–Kier alpha value is -1.83. The summed E-state index contributed by atoms with van der Waals surface area (Å²) in [6, 6.07) is 1.79. The second kappa shape index (κ2) is 6.69. The zero-order valence-electron chi connectivity index (χ0n) is 10.7. The van der Waals surface area contributed by atoms with Crippen molar-refractivity contribution in [2.75, 3.05) is 23.8 Å². The average Bonchev–Trinajstić information content (AvgIpc) is 2.29. The lowest BCUT2D eigenvalue weighted by molar-refractivity contribution is 0.700. The molecule has 0 atom stereocenters. The van der Waals surface area contributed by atoms with Crippen molar-refractivity contribution in [1.82, 2.24) is 9.97 Å². The number of hydrogen-bond donors (Lipinski definition) is 1. The molecule has 0 aromatic carbocycles. The van der Waals surface area contributed by atoms with E-state index in [1.807, 2.05) is 20.2 Å². The van der Waals surface area contributed by atoms with Crippen LogP contribution in [0.3, 0.4) is 0 Å². The lowest BCUT2D eigenvalue weighted by Gasteiger charge is -2.18. The van der Waals surface area contributed by atoms with E-state index in [1.54, 1.807) is 6.07 Å². The summed E-state index contributed by atoms with van der Waals surface area (Å²) in [5, 5.41) is 11.1. The minimum absolute atomic E-state index is 0.553. The number of aryl methyl sites for hydroxylation is 1. The largest absolute Gasteiger partial charge is 0.360 e. The van der Waals surface area contributed by atoms with E-state index in [1.165, 1.54) is 12.8 Å². The van der Waals surface area contributed by atoms with Gasteiger partial charge < -0.3 is 4.90 Å². The molecule has 92 valence electrons. The van der Waals surface area contributed by atoms with E-state index >= 15 is 0 Å². The molecule has 0 aliphatic rings. The summed E-state index contributed by atoms with van der Waals surface area (Å²) in [6.45, 7) is 4.98. The van der Waals surface area contributed by atoms with Gasteiger partial charge in [0.25, 0.3) is 0 Å². The molecule has 0 aliphatic carbocycles. The zero-order valence-corrected chi connectivity index (χ0v) is 10.7. The van der Waals surface area contributed by atoms with E-state index < -0.39 is 0 Å². The molecule has 5 heteroatoms. The fourth-order valence-corrected chi connectivity index (χ4v) is 1.58. The minimum Gasteiger partial charge on any atom is -0.360 e. The second-order valence-electron chi connectivity index (χ2n) is 4.02. The lowest BCUT2D eigenvalue weighted by Crippen LogP contribution is -2.20. The number of nitriles is 1. The number of unbranched alkanes of at least 4 members (excludes halogenated alkanes) is 2. The third kappa shape index (κ3) is 4.27. The molecule has 0 spiro atoms. The maximum atomic E-state index is 8.58. The predicted octanol–water partition coefficient (Wildman–Crippen LogP) is 2.30. The number of hydrogen-bond acceptors (Lipinski definition) is 5. The molecule has 5 nitrogen and oxygen atoms in total. The molecule has 0 saturated carbocycles. The SMILES string of the molecule is CCCCCN(C)c1cc(NC#N)nc(C)n1. The normalized spacial score (nSPS) is 9.76. The Bertz CT molecular complexity index is 396. The third-order valence-corrected chi connectivity index (χ3v) is 2.50. The Labute approximate surface area is 102 Å². The average molecular weight is 233 g/mol. The van der Waals surface area contributed by atoms with Crippen LogP contribution in [0.4, 0.5) is 11.6 Å². The molecule has 1 N–H and O–H groups in total. The van der Waals surface area contributed by atoms with Gasteiger partial charge in [-0.25, -0.2) is 9.97 Å². The van der Waals surface area contributed by atoms with Crippen molar-refractivity contribution >= 4 is 11.6 Å². The molecule has 0 unspecified atom stereocenters. The molecule has 1 aromatic rings. The molecule has 0 radical (unpaired) electrons. The van der Waals surface area contributed by atoms with Crippen molar-refractivity contribution in [3.05, 3.63) is 11.9 Å². The second-order valence-corrected chi connectivity index (χ2v) is 4.02. The first-order valence-electron chi connectivity index (χ1n) is 5.89. The molecule has 17 heavy (non-hydrogen) atoms. The van der Waals surface area contributed by atoms with Crippen LogP contribution >= 0.6 is 0 Å². The fourth-order valence-electron chi connectivity index (χ4n) is 1.58. The van der Waals surface area contributed by atoms with E-state index in [0.717, 1.165) is 18.8 Å². The molecule has 0 aliphatic heterocycles. The van der Waals surface area contributed by atoms with E-state index in [0.29, 0.717) is 11.6 Å². The van der Waals surface area contributed by atoms with Gasteiger partial charge in [0.05, 0.1) is 0 Å². The first kappa shape index (κ1) is 13.2. The van der Waals surface area contributed by atoms with Gasteiger partial charge in [0.2, 0.25) is 0 Å². The molecule has 1 rings (SSSR count). The van der Waals surface area contributed by atoms with Crippen LogP contribution in [0.25, 0.3) is 0 Å². The molecule has 0 amide bonds. The van der Waals surface area contributed by atoms with Gasteiger partial charge in [-0.1, -0.05) is 19.8 Å². The molecule has 0 saturated heterocycles. The van der Waals surface area contributed by atoms with Crippen LogP contribution in [0.2, 0.25) is 0 Å². The summed E-state index contributed by atoms with van der Waals surface area (Å²) in [6.07, 6.45) is 5.45. The topological polar surface area (TPSA) is 64.8 Å². The van der Waals surface area contributed by atoms with Crippen molar-refractivity contribution in [2.24, 2.45) is 0 Å². The Morgan fingerprint density at radius 1 is 1.41 bits per heavy atom. The smallest absolute Gasteiger partial charge is 0.182 e. The zero-order chi connectivity index (χ0) is 12.7. The summed E-state index contributed by atoms with van der Waals surface area (Å²) in [4.78, 5) is 10.6. The highest BCUT2D eigenvalue weighted by atomic mass is 15.2. The highest BCUT2D eigenvalue weighted by Gasteiger charge is 2.05. The van der Waals surface area contributed by atoms with Gasteiger partial charge >= 0.3 is 0 Å². The van der Waals surface area contributed by atoms with Crippen LogP contribution in [0.5, 0.6) is 0 Å². The number of nitrogens with one attached hydrogen (secondary N) is 1. The van der Waals surface area contributed by atoms with Crippen LogP contribution in [0, 0.1) is 18.4 Å². The number of anilines is 2. The fraction of sp³-hybridized carbons (Fsp3) is 0.583. The summed E-state index contributed by atoms with van der Waals surface area (Å²) >= 11 is 0. The van der Waals surface area contributed by atoms with Crippen LogP contribution in [-0.4, -0.2) is 23.6 Å². The molecule has 1 aromatic heterocycles. The van der Waals surface area contributed by atoms with Gasteiger partial charge in [0.1, 0.15) is 17.5 Å². The quantitative estimate of drug-likeness (QED) is 0.464. The van der Waals surface area contributed by atoms with E-state index in [-0.39, 0.29) is 0 Å². The van der Waals surface area contributed by atoms with E-state index in [4.69, 9.17) is 5.26 Å². The van der Waals surface area contributed by atoms with E-state index in [2.05, 4.69) is 27.1 Å². The van der Waals surface area contributed by atoms with Crippen molar-refractivity contribution in [1.29, 1.82) is 5.26 Å². The van der Waals surface area contributed by atoms with Gasteiger partial charge in [-0.15, -0.1) is 0 Å². The van der Waals surface area contributed by atoms with Crippen LogP contribution in [0.1, 0.15) is 32.0 Å².